The molecule has 0 aliphatic carbocycles. The Bertz CT molecular complexity index is 526. The van der Waals surface area contributed by atoms with Gasteiger partial charge in [-0.05, 0) is 19.8 Å². The summed E-state index contributed by atoms with van der Waals surface area (Å²) in [7, 11) is 0. The third-order valence-corrected chi connectivity index (χ3v) is 3.19. The minimum atomic E-state index is -1.50. The van der Waals surface area contributed by atoms with E-state index in [1.807, 2.05) is 11.6 Å². The Hall–Kier alpha value is -1.92. The number of carboxylic acid groups (broad SMARTS) is 1. The first kappa shape index (κ1) is 17.1. The zero-order chi connectivity index (χ0) is 16.2. The number of rotatable bonds is 7. The van der Waals surface area contributed by atoms with Gasteiger partial charge in [-0.25, -0.2) is 9.18 Å². The quantitative estimate of drug-likeness (QED) is 0.793. The van der Waals surface area contributed by atoms with Crippen molar-refractivity contribution in [2.45, 2.75) is 46.7 Å². The van der Waals surface area contributed by atoms with Crippen LogP contribution in [0.5, 0.6) is 0 Å². The number of nitrogens with one attached hydrogen (secondary N) is 1. The summed E-state index contributed by atoms with van der Waals surface area (Å²) >= 11 is 0. The van der Waals surface area contributed by atoms with Crippen molar-refractivity contribution in [3.8, 4) is 0 Å². The highest BCUT2D eigenvalue weighted by atomic mass is 19.1. The van der Waals surface area contributed by atoms with Crippen LogP contribution in [0.25, 0.3) is 0 Å². The van der Waals surface area contributed by atoms with E-state index in [0.29, 0.717) is 5.92 Å². The summed E-state index contributed by atoms with van der Waals surface area (Å²) in [5, 5.41) is 15.3. The number of aromatic nitrogens is 2. The van der Waals surface area contributed by atoms with E-state index in [1.54, 1.807) is 6.92 Å². The Balaban J connectivity index is 2.81. The number of aliphatic carboxylic acids is 1. The van der Waals surface area contributed by atoms with Gasteiger partial charge in [0.2, 0.25) is 5.91 Å². The molecule has 118 valence electrons. The molecule has 1 aromatic rings. The number of aryl methyl sites for hydroxylation is 1. The van der Waals surface area contributed by atoms with E-state index in [0.717, 1.165) is 23.5 Å². The minimum Gasteiger partial charge on any atom is -0.480 e. The van der Waals surface area contributed by atoms with Crippen molar-refractivity contribution in [3.05, 3.63) is 17.0 Å². The van der Waals surface area contributed by atoms with Gasteiger partial charge in [0.15, 0.2) is 6.04 Å². The summed E-state index contributed by atoms with van der Waals surface area (Å²) in [4.78, 5) is 22.6. The average molecular weight is 299 g/mol. The average Bonchev–Trinajstić information content (AvgIpc) is 2.62. The number of nitrogens with zero attached hydrogens (tertiary/aromatic N) is 2. The van der Waals surface area contributed by atoms with Gasteiger partial charge in [-0.15, -0.1) is 0 Å². The van der Waals surface area contributed by atoms with E-state index in [4.69, 9.17) is 5.11 Å². The summed E-state index contributed by atoms with van der Waals surface area (Å²) in [5.41, 5.74) is 2.37. The predicted molar refractivity (Wildman–Crippen MR) is 75.8 cm³/mol. The summed E-state index contributed by atoms with van der Waals surface area (Å²) in [6.45, 7) is 7.43. The van der Waals surface area contributed by atoms with Crippen LogP contribution in [0.4, 0.5) is 4.39 Å². The van der Waals surface area contributed by atoms with E-state index in [-0.39, 0.29) is 6.42 Å². The number of hydrogen-bond acceptors (Lipinski definition) is 3. The van der Waals surface area contributed by atoms with Crippen LogP contribution >= 0.6 is 0 Å². The van der Waals surface area contributed by atoms with Gasteiger partial charge in [0, 0.05) is 17.8 Å². The highest BCUT2D eigenvalue weighted by molar-refractivity contribution is 5.85. The molecule has 0 bridgehead atoms. The summed E-state index contributed by atoms with van der Waals surface area (Å²) in [5.74, 6) is -1.47. The lowest BCUT2D eigenvalue weighted by molar-refractivity contribution is -0.142. The topological polar surface area (TPSA) is 84.2 Å². The van der Waals surface area contributed by atoms with Crippen LogP contribution in [0.1, 0.15) is 30.8 Å². The number of carboxylic acids is 1. The zero-order valence-corrected chi connectivity index (χ0v) is 12.8. The molecule has 0 saturated heterocycles. The number of amides is 1. The first-order valence-corrected chi connectivity index (χ1v) is 6.87. The fourth-order valence-electron chi connectivity index (χ4n) is 2.09. The van der Waals surface area contributed by atoms with Crippen molar-refractivity contribution >= 4 is 11.9 Å². The van der Waals surface area contributed by atoms with Gasteiger partial charge in [0.05, 0.1) is 12.1 Å². The fourth-order valence-corrected chi connectivity index (χ4v) is 2.09. The lowest BCUT2D eigenvalue weighted by atomic mass is 10.1. The lowest BCUT2D eigenvalue weighted by Gasteiger charge is -2.11. The summed E-state index contributed by atoms with van der Waals surface area (Å²) < 4.78 is 14.3. The smallest absolute Gasteiger partial charge is 0.328 e. The molecular weight excluding hydrogens is 277 g/mol. The van der Waals surface area contributed by atoms with Crippen molar-refractivity contribution in [1.82, 2.24) is 15.1 Å². The van der Waals surface area contributed by atoms with Gasteiger partial charge < -0.3 is 10.4 Å². The monoisotopic (exact) mass is 299 g/mol. The maximum absolute atomic E-state index is 12.5. The Morgan fingerprint density at radius 1 is 1.38 bits per heavy atom. The van der Waals surface area contributed by atoms with Crippen LogP contribution in [0.15, 0.2) is 0 Å². The Kier molecular flexibility index (Phi) is 5.87. The van der Waals surface area contributed by atoms with Gasteiger partial charge in [0.1, 0.15) is 6.67 Å². The SMILES string of the molecule is Cc1nn(CC(C)C)c(C)c1CC(=O)NC(CF)C(=O)O. The Labute approximate surface area is 123 Å². The molecule has 0 fully saturated rings. The fraction of sp³-hybridized carbons (Fsp3) is 0.643. The second kappa shape index (κ2) is 7.19. The highest BCUT2D eigenvalue weighted by Gasteiger charge is 2.21. The number of halogens is 1. The highest BCUT2D eigenvalue weighted by Crippen LogP contribution is 2.15. The third-order valence-electron chi connectivity index (χ3n) is 3.19. The maximum Gasteiger partial charge on any atom is 0.328 e. The number of carbonyl (C=O) groups excluding carboxylic acids is 1. The summed E-state index contributed by atoms with van der Waals surface area (Å²) in [6.07, 6.45) is -0.000454. The normalized spacial score (nSPS) is 12.5. The maximum atomic E-state index is 12.5. The molecule has 2 N–H and O–H groups in total. The second-order valence-electron chi connectivity index (χ2n) is 5.51. The van der Waals surface area contributed by atoms with Crippen molar-refractivity contribution in [1.29, 1.82) is 0 Å². The van der Waals surface area contributed by atoms with Crippen LogP contribution in [0.3, 0.4) is 0 Å². The predicted octanol–water partition coefficient (Wildman–Crippen LogP) is 1.24. The molecule has 1 aromatic heterocycles. The molecule has 0 aliphatic heterocycles. The van der Waals surface area contributed by atoms with Crippen molar-refractivity contribution < 1.29 is 19.1 Å². The van der Waals surface area contributed by atoms with Gasteiger partial charge in [-0.2, -0.15) is 5.10 Å². The lowest BCUT2D eigenvalue weighted by Crippen LogP contribution is -2.43. The van der Waals surface area contributed by atoms with Gasteiger partial charge in [0.25, 0.3) is 0 Å². The molecule has 0 spiro atoms. The Morgan fingerprint density at radius 2 is 2.00 bits per heavy atom. The molecule has 6 nitrogen and oxygen atoms in total. The van der Waals surface area contributed by atoms with E-state index in [2.05, 4.69) is 24.3 Å². The third kappa shape index (κ3) is 4.54. The number of carbonyl (C=O) groups is 2. The number of alkyl halides is 1. The zero-order valence-electron chi connectivity index (χ0n) is 12.8. The van der Waals surface area contributed by atoms with Crippen LogP contribution < -0.4 is 5.32 Å². The molecule has 1 rings (SSSR count). The first-order valence-electron chi connectivity index (χ1n) is 6.87. The molecule has 1 unspecified atom stereocenters. The molecule has 1 atom stereocenters. The molecule has 0 saturated carbocycles. The van der Waals surface area contributed by atoms with Crippen LogP contribution in [0, 0.1) is 19.8 Å². The summed E-state index contributed by atoms with van der Waals surface area (Å²) in [6, 6.07) is -1.50. The van der Waals surface area contributed by atoms with E-state index in [9.17, 15) is 14.0 Å². The van der Waals surface area contributed by atoms with E-state index in [1.165, 1.54) is 0 Å². The standard InChI is InChI=1S/C14H22FN3O3/c1-8(2)7-18-10(4)11(9(3)17-18)5-13(19)16-12(6-15)14(20)21/h8,12H,5-7H2,1-4H3,(H,16,19)(H,20,21). The van der Waals surface area contributed by atoms with E-state index < -0.39 is 24.6 Å². The van der Waals surface area contributed by atoms with Crippen LogP contribution in [-0.4, -0.2) is 39.5 Å². The number of hydrogen-bond donors (Lipinski definition) is 2. The second-order valence-corrected chi connectivity index (χ2v) is 5.51. The molecule has 1 amide bonds. The molecule has 0 aromatic carbocycles. The molecule has 7 heteroatoms. The molecule has 0 aliphatic rings. The van der Waals surface area contributed by atoms with Crippen LogP contribution in [-0.2, 0) is 22.6 Å². The minimum absolute atomic E-state index is 0.000454. The van der Waals surface area contributed by atoms with E-state index >= 15 is 0 Å². The molecule has 1 heterocycles. The van der Waals surface area contributed by atoms with Gasteiger partial charge in [-0.1, -0.05) is 13.8 Å². The van der Waals surface area contributed by atoms with Gasteiger partial charge in [-0.3, -0.25) is 9.48 Å². The molecular formula is C14H22FN3O3. The van der Waals surface area contributed by atoms with Crippen molar-refractivity contribution in [2.75, 3.05) is 6.67 Å². The van der Waals surface area contributed by atoms with Crippen molar-refractivity contribution in [2.24, 2.45) is 5.92 Å². The first-order chi connectivity index (χ1) is 9.76. The Morgan fingerprint density at radius 3 is 2.48 bits per heavy atom. The largest absolute Gasteiger partial charge is 0.480 e. The molecule has 0 radical (unpaired) electrons. The van der Waals surface area contributed by atoms with Crippen molar-refractivity contribution in [3.63, 3.8) is 0 Å². The molecule has 21 heavy (non-hydrogen) atoms. The van der Waals surface area contributed by atoms with Crippen LogP contribution in [0.2, 0.25) is 0 Å². The van der Waals surface area contributed by atoms with Gasteiger partial charge >= 0.3 is 5.97 Å².